The van der Waals surface area contributed by atoms with Crippen molar-refractivity contribution >= 4 is 11.6 Å². The van der Waals surface area contributed by atoms with Crippen LogP contribution in [0.2, 0.25) is 0 Å². The van der Waals surface area contributed by atoms with Gasteiger partial charge in [0.25, 0.3) is 0 Å². The van der Waals surface area contributed by atoms with E-state index < -0.39 is 6.17 Å². The quantitative estimate of drug-likeness (QED) is 0.680. The first-order valence-electron chi connectivity index (χ1n) is 11.4. The number of ether oxygens (including phenoxy) is 2. The summed E-state index contributed by atoms with van der Waals surface area (Å²) < 4.78 is 26.8. The van der Waals surface area contributed by atoms with Crippen molar-refractivity contribution < 1.29 is 13.9 Å². The Hall–Kier alpha value is -2.51. The molecule has 170 valence electrons. The zero-order valence-corrected chi connectivity index (χ0v) is 18.8. The van der Waals surface area contributed by atoms with Crippen LogP contribution in [-0.2, 0) is 13.0 Å². The summed E-state index contributed by atoms with van der Waals surface area (Å²) in [5.41, 5.74) is 0.985. The molecule has 0 amide bonds. The lowest BCUT2D eigenvalue weighted by atomic mass is 10.1. The first kappa shape index (κ1) is 21.7. The Morgan fingerprint density at radius 3 is 2.52 bits per heavy atom. The Balaban J connectivity index is 1.48. The maximum Gasteiger partial charge on any atom is 0.227 e. The monoisotopic (exact) mass is 431 g/mol. The summed E-state index contributed by atoms with van der Waals surface area (Å²) in [6, 6.07) is 6.14. The number of methoxy groups -OCH3 is 2. The summed E-state index contributed by atoms with van der Waals surface area (Å²) in [5, 5.41) is 12.6. The average molecular weight is 432 g/mol. The molecule has 3 unspecified atom stereocenters. The number of aryl methyl sites for hydroxylation is 1. The molecule has 1 aromatic heterocycles. The largest absolute Gasteiger partial charge is 0.497 e. The fourth-order valence-corrected chi connectivity index (χ4v) is 4.85. The number of hydrogen-bond donors (Lipinski definition) is 1. The number of piperidine rings is 1. The number of aromatic nitrogens is 3. The topological polar surface area (TPSA) is 64.4 Å². The van der Waals surface area contributed by atoms with Gasteiger partial charge in [0.15, 0.2) is 0 Å². The lowest BCUT2D eigenvalue weighted by Gasteiger charge is -2.34. The van der Waals surface area contributed by atoms with Gasteiger partial charge < -0.3 is 19.7 Å². The summed E-state index contributed by atoms with van der Waals surface area (Å²) in [7, 11) is 3.32. The van der Waals surface area contributed by atoms with Crippen molar-refractivity contribution in [3.63, 3.8) is 0 Å². The standard InChI is InChI=1S/C23H34FN5O2/c1-4-22-26-27-23(29(22)14-16-7-8-17(24)10-16)28-9-5-6-18(15-28)25-19-11-20(30-2)13-21(12-19)31-3/h11-13,16-18,25H,4-10,14-15H2,1-3H3. The number of anilines is 2. The van der Waals surface area contributed by atoms with Crippen LogP contribution in [0.1, 0.15) is 44.9 Å². The van der Waals surface area contributed by atoms with Crippen LogP contribution < -0.4 is 19.7 Å². The molecule has 0 bridgehead atoms. The third kappa shape index (κ3) is 5.05. The number of rotatable bonds is 8. The number of halogens is 1. The van der Waals surface area contributed by atoms with Gasteiger partial charge in [0.1, 0.15) is 23.5 Å². The Kier molecular flexibility index (Phi) is 6.83. The van der Waals surface area contributed by atoms with Crippen LogP contribution in [0, 0.1) is 5.92 Å². The molecule has 4 rings (SSSR count). The molecule has 0 spiro atoms. The van der Waals surface area contributed by atoms with Crippen molar-refractivity contribution in [2.45, 2.75) is 64.2 Å². The van der Waals surface area contributed by atoms with Gasteiger partial charge in [0, 0.05) is 56.0 Å². The van der Waals surface area contributed by atoms with Crippen LogP contribution in [0.25, 0.3) is 0 Å². The molecule has 1 aromatic carbocycles. The second kappa shape index (κ2) is 9.75. The number of hydrogen-bond acceptors (Lipinski definition) is 6. The maximum absolute atomic E-state index is 13.7. The molecular formula is C23H34FN5O2. The lowest BCUT2D eigenvalue weighted by Crippen LogP contribution is -2.43. The molecule has 0 radical (unpaired) electrons. The maximum atomic E-state index is 13.7. The van der Waals surface area contributed by atoms with Crippen molar-refractivity contribution in [1.29, 1.82) is 0 Å². The van der Waals surface area contributed by atoms with Gasteiger partial charge in [-0.05, 0) is 38.0 Å². The summed E-state index contributed by atoms with van der Waals surface area (Å²) >= 11 is 0. The highest BCUT2D eigenvalue weighted by atomic mass is 19.1. The molecule has 1 aliphatic carbocycles. The Bertz CT molecular complexity index is 851. The van der Waals surface area contributed by atoms with E-state index in [1.807, 2.05) is 18.2 Å². The van der Waals surface area contributed by atoms with E-state index in [9.17, 15) is 4.39 Å². The minimum absolute atomic E-state index is 0.280. The van der Waals surface area contributed by atoms with Crippen LogP contribution >= 0.6 is 0 Å². The zero-order chi connectivity index (χ0) is 21.8. The number of nitrogens with zero attached hydrogens (tertiary/aromatic N) is 4. The molecule has 1 aliphatic heterocycles. The molecule has 1 N–H and O–H groups in total. The molecule has 1 saturated heterocycles. The second-order valence-corrected chi connectivity index (χ2v) is 8.69. The Labute approximate surface area is 183 Å². The van der Waals surface area contributed by atoms with Crippen LogP contribution in [0.3, 0.4) is 0 Å². The van der Waals surface area contributed by atoms with Gasteiger partial charge in [-0.1, -0.05) is 6.92 Å². The molecule has 2 fully saturated rings. The summed E-state index contributed by atoms with van der Waals surface area (Å²) in [6.45, 7) is 4.72. The highest BCUT2D eigenvalue weighted by Gasteiger charge is 2.29. The van der Waals surface area contributed by atoms with Crippen molar-refractivity contribution in [1.82, 2.24) is 14.8 Å². The molecule has 1 saturated carbocycles. The van der Waals surface area contributed by atoms with Crippen LogP contribution in [0.5, 0.6) is 11.5 Å². The van der Waals surface area contributed by atoms with E-state index in [0.717, 1.165) is 74.3 Å². The predicted octanol–water partition coefficient (Wildman–Crippen LogP) is 4.08. The van der Waals surface area contributed by atoms with Gasteiger partial charge in [-0.2, -0.15) is 0 Å². The van der Waals surface area contributed by atoms with Crippen LogP contribution in [-0.4, -0.2) is 54.3 Å². The molecule has 2 heterocycles. The van der Waals surface area contributed by atoms with Crippen molar-refractivity contribution in [2.24, 2.45) is 5.92 Å². The Morgan fingerprint density at radius 2 is 1.87 bits per heavy atom. The average Bonchev–Trinajstić information content (AvgIpc) is 3.39. The fraction of sp³-hybridized carbons (Fsp3) is 0.652. The fourth-order valence-electron chi connectivity index (χ4n) is 4.85. The predicted molar refractivity (Wildman–Crippen MR) is 120 cm³/mol. The Morgan fingerprint density at radius 1 is 1.10 bits per heavy atom. The molecule has 8 heteroatoms. The van der Waals surface area contributed by atoms with Gasteiger partial charge >= 0.3 is 0 Å². The van der Waals surface area contributed by atoms with Crippen LogP contribution in [0.4, 0.5) is 16.0 Å². The van der Waals surface area contributed by atoms with Gasteiger partial charge in [0.05, 0.1) is 14.2 Å². The highest BCUT2D eigenvalue weighted by molar-refractivity contribution is 5.54. The molecular weight excluding hydrogens is 397 g/mol. The third-order valence-electron chi connectivity index (χ3n) is 6.47. The van der Waals surface area contributed by atoms with E-state index in [4.69, 9.17) is 9.47 Å². The number of alkyl halides is 1. The third-order valence-corrected chi connectivity index (χ3v) is 6.47. The SMILES string of the molecule is CCc1nnc(N2CCCC(Nc3cc(OC)cc(OC)c3)C2)n1CC1CCC(F)C1. The molecule has 3 atom stereocenters. The highest BCUT2D eigenvalue weighted by Crippen LogP contribution is 2.32. The first-order chi connectivity index (χ1) is 15.1. The van der Waals surface area contributed by atoms with E-state index in [-0.39, 0.29) is 6.04 Å². The van der Waals surface area contributed by atoms with Gasteiger partial charge in [-0.3, -0.25) is 4.57 Å². The van der Waals surface area contributed by atoms with E-state index in [1.165, 1.54) is 0 Å². The molecule has 2 aliphatic rings. The van der Waals surface area contributed by atoms with Crippen molar-refractivity contribution in [3.8, 4) is 11.5 Å². The van der Waals surface area contributed by atoms with E-state index in [2.05, 4.69) is 31.9 Å². The first-order valence-corrected chi connectivity index (χ1v) is 11.4. The minimum Gasteiger partial charge on any atom is -0.497 e. The summed E-state index contributed by atoms with van der Waals surface area (Å²) in [4.78, 5) is 2.33. The minimum atomic E-state index is -0.654. The van der Waals surface area contributed by atoms with Gasteiger partial charge in [0.2, 0.25) is 5.95 Å². The molecule has 7 nitrogen and oxygen atoms in total. The lowest BCUT2D eigenvalue weighted by molar-refractivity contribution is 0.322. The van der Waals surface area contributed by atoms with E-state index in [0.29, 0.717) is 18.8 Å². The van der Waals surface area contributed by atoms with Crippen molar-refractivity contribution in [2.75, 3.05) is 37.5 Å². The second-order valence-electron chi connectivity index (χ2n) is 8.69. The van der Waals surface area contributed by atoms with Gasteiger partial charge in [-0.15, -0.1) is 10.2 Å². The molecule has 2 aromatic rings. The molecule has 31 heavy (non-hydrogen) atoms. The van der Waals surface area contributed by atoms with E-state index in [1.54, 1.807) is 14.2 Å². The smallest absolute Gasteiger partial charge is 0.227 e. The van der Waals surface area contributed by atoms with E-state index >= 15 is 0 Å². The number of nitrogens with one attached hydrogen (secondary N) is 1. The summed E-state index contributed by atoms with van der Waals surface area (Å²) in [5.74, 6) is 3.82. The normalized spacial score (nSPS) is 23.7. The number of benzene rings is 1. The summed E-state index contributed by atoms with van der Waals surface area (Å²) in [6.07, 6.45) is 4.62. The van der Waals surface area contributed by atoms with Crippen LogP contribution in [0.15, 0.2) is 18.2 Å². The van der Waals surface area contributed by atoms with Gasteiger partial charge in [-0.25, -0.2) is 4.39 Å². The zero-order valence-electron chi connectivity index (χ0n) is 18.8. The van der Waals surface area contributed by atoms with Crippen molar-refractivity contribution in [3.05, 3.63) is 24.0 Å².